The number of amides is 1. The Kier molecular flexibility index (Phi) is 6.09. The Labute approximate surface area is 163 Å². The average molecular weight is 374 g/mol. The summed E-state index contributed by atoms with van der Waals surface area (Å²) in [6, 6.07) is 0. The summed E-state index contributed by atoms with van der Waals surface area (Å²) in [4.78, 5) is 32.6. The van der Waals surface area contributed by atoms with Crippen molar-refractivity contribution >= 4 is 5.91 Å². The number of aromatic amines is 1. The van der Waals surface area contributed by atoms with E-state index >= 15 is 0 Å². The molecular weight excluding hydrogens is 338 g/mol. The summed E-state index contributed by atoms with van der Waals surface area (Å²) < 4.78 is 0. The van der Waals surface area contributed by atoms with Gasteiger partial charge in [-0.25, -0.2) is 0 Å². The van der Waals surface area contributed by atoms with Crippen LogP contribution in [-0.4, -0.2) is 46.9 Å². The number of aromatic nitrogens is 1. The van der Waals surface area contributed by atoms with Crippen LogP contribution in [0.4, 0.5) is 0 Å². The number of hydrogen-bond acceptors (Lipinski definition) is 3. The van der Waals surface area contributed by atoms with E-state index in [1.807, 2.05) is 20.0 Å². The highest BCUT2D eigenvalue weighted by Crippen LogP contribution is 2.39. The van der Waals surface area contributed by atoms with E-state index in [9.17, 15) is 9.59 Å². The van der Waals surface area contributed by atoms with Crippen LogP contribution in [0.2, 0.25) is 0 Å². The SMILES string of the molecule is Cc1c[nH]c(CN2CCC[C@@]3(CCC(=O)N(CCC(C)C)C3)C2)c(C)c1=O. The highest BCUT2D eigenvalue weighted by atomic mass is 16.2. The molecule has 1 amide bonds. The number of nitrogens with zero attached hydrogens (tertiary/aromatic N) is 2. The molecule has 2 fully saturated rings. The molecule has 1 atom stereocenters. The van der Waals surface area contributed by atoms with E-state index in [0.29, 0.717) is 18.2 Å². The van der Waals surface area contributed by atoms with Crippen LogP contribution < -0.4 is 5.43 Å². The summed E-state index contributed by atoms with van der Waals surface area (Å²) >= 11 is 0. The van der Waals surface area contributed by atoms with Gasteiger partial charge in [0.2, 0.25) is 5.91 Å². The first-order valence-electron chi connectivity index (χ1n) is 10.5. The number of carbonyl (C=O) groups excluding carboxylic acids is 1. The van der Waals surface area contributed by atoms with Crippen molar-refractivity contribution in [3.05, 3.63) is 33.2 Å². The molecule has 1 N–H and O–H groups in total. The van der Waals surface area contributed by atoms with Crippen molar-refractivity contribution in [1.82, 2.24) is 14.8 Å². The number of H-pyrrole nitrogens is 1. The molecule has 2 aliphatic rings. The Bertz CT molecular complexity index is 740. The molecule has 2 aliphatic heterocycles. The molecule has 0 bridgehead atoms. The first-order chi connectivity index (χ1) is 12.8. The number of piperidine rings is 2. The standard InChI is InChI=1S/C22H35N3O2/c1-16(2)7-11-25-15-22(9-6-20(25)26)8-5-10-24(14-22)13-19-18(4)21(27)17(3)12-23-19/h12,16H,5-11,13-15H2,1-4H3,(H,23,27)/t22-/m1/s1. The maximum atomic E-state index is 12.4. The number of pyridine rings is 1. The number of carbonyl (C=O) groups is 1. The monoisotopic (exact) mass is 373 g/mol. The van der Waals surface area contributed by atoms with Gasteiger partial charge in [0.15, 0.2) is 5.43 Å². The normalized spacial score (nSPS) is 24.2. The molecule has 3 rings (SSSR count). The number of hydrogen-bond donors (Lipinski definition) is 1. The van der Waals surface area contributed by atoms with Gasteiger partial charge < -0.3 is 9.88 Å². The molecular formula is C22H35N3O2. The van der Waals surface area contributed by atoms with Crippen molar-refractivity contribution in [2.45, 2.75) is 66.3 Å². The van der Waals surface area contributed by atoms with Crippen LogP contribution >= 0.6 is 0 Å². The molecule has 1 aromatic rings. The molecule has 1 aromatic heterocycles. The van der Waals surface area contributed by atoms with Gasteiger partial charge >= 0.3 is 0 Å². The maximum Gasteiger partial charge on any atom is 0.222 e. The van der Waals surface area contributed by atoms with Gasteiger partial charge in [-0.05, 0) is 52.0 Å². The van der Waals surface area contributed by atoms with Gasteiger partial charge in [-0.1, -0.05) is 13.8 Å². The van der Waals surface area contributed by atoms with Crippen molar-refractivity contribution in [1.29, 1.82) is 0 Å². The minimum absolute atomic E-state index is 0.151. The summed E-state index contributed by atoms with van der Waals surface area (Å²) in [7, 11) is 0. The highest BCUT2D eigenvalue weighted by molar-refractivity contribution is 5.77. The summed E-state index contributed by atoms with van der Waals surface area (Å²) in [6.07, 6.45) is 6.97. The molecule has 2 saturated heterocycles. The van der Waals surface area contributed by atoms with Crippen molar-refractivity contribution in [2.75, 3.05) is 26.2 Å². The zero-order valence-corrected chi connectivity index (χ0v) is 17.4. The quantitative estimate of drug-likeness (QED) is 0.862. The van der Waals surface area contributed by atoms with Gasteiger partial charge in [-0.3, -0.25) is 14.5 Å². The van der Waals surface area contributed by atoms with Gasteiger partial charge in [-0.15, -0.1) is 0 Å². The Morgan fingerprint density at radius 1 is 1.19 bits per heavy atom. The predicted molar refractivity (Wildman–Crippen MR) is 109 cm³/mol. The summed E-state index contributed by atoms with van der Waals surface area (Å²) in [5, 5.41) is 0. The number of aryl methyl sites for hydroxylation is 1. The van der Waals surface area contributed by atoms with Crippen LogP contribution in [0.1, 0.15) is 62.8 Å². The summed E-state index contributed by atoms with van der Waals surface area (Å²) in [5.74, 6) is 0.956. The highest BCUT2D eigenvalue weighted by Gasteiger charge is 2.41. The zero-order valence-electron chi connectivity index (χ0n) is 17.4. The van der Waals surface area contributed by atoms with Crippen LogP contribution in [0.25, 0.3) is 0 Å². The van der Waals surface area contributed by atoms with Crippen LogP contribution in [0.3, 0.4) is 0 Å². The molecule has 0 radical (unpaired) electrons. The van der Waals surface area contributed by atoms with E-state index in [2.05, 4.69) is 28.6 Å². The third-order valence-electron chi connectivity index (χ3n) is 6.46. The van der Waals surface area contributed by atoms with Crippen molar-refractivity contribution in [3.8, 4) is 0 Å². The van der Waals surface area contributed by atoms with Crippen molar-refractivity contribution < 1.29 is 4.79 Å². The Morgan fingerprint density at radius 3 is 2.70 bits per heavy atom. The summed E-state index contributed by atoms with van der Waals surface area (Å²) in [5.41, 5.74) is 3.02. The Morgan fingerprint density at radius 2 is 1.96 bits per heavy atom. The average Bonchev–Trinajstić information content (AvgIpc) is 2.63. The van der Waals surface area contributed by atoms with Crippen LogP contribution in [0.15, 0.2) is 11.0 Å². The second kappa shape index (κ2) is 8.17. The first kappa shape index (κ1) is 20.1. The lowest BCUT2D eigenvalue weighted by Gasteiger charge is -2.48. The first-order valence-corrected chi connectivity index (χ1v) is 10.5. The second-order valence-corrected chi connectivity index (χ2v) is 9.22. The van der Waals surface area contributed by atoms with E-state index in [1.54, 1.807) is 0 Å². The number of rotatable bonds is 5. The van der Waals surface area contributed by atoms with Gasteiger partial charge in [-0.2, -0.15) is 0 Å². The topological polar surface area (TPSA) is 56.4 Å². The van der Waals surface area contributed by atoms with Gasteiger partial charge in [0.1, 0.15) is 0 Å². The molecule has 27 heavy (non-hydrogen) atoms. The number of nitrogens with one attached hydrogen (secondary N) is 1. The van der Waals surface area contributed by atoms with Crippen molar-refractivity contribution in [2.24, 2.45) is 11.3 Å². The maximum absolute atomic E-state index is 12.4. The van der Waals surface area contributed by atoms with Crippen molar-refractivity contribution in [3.63, 3.8) is 0 Å². The largest absolute Gasteiger partial charge is 0.363 e. The lowest BCUT2D eigenvalue weighted by atomic mass is 9.73. The van der Waals surface area contributed by atoms with Gasteiger partial charge in [0.05, 0.1) is 0 Å². The van der Waals surface area contributed by atoms with E-state index in [1.165, 1.54) is 12.8 Å². The number of likely N-dealkylation sites (tertiary alicyclic amines) is 2. The zero-order chi connectivity index (χ0) is 19.6. The smallest absolute Gasteiger partial charge is 0.222 e. The van der Waals surface area contributed by atoms with Gasteiger partial charge in [0, 0.05) is 61.0 Å². The lowest BCUT2D eigenvalue weighted by Crippen LogP contribution is -2.54. The molecule has 150 valence electrons. The molecule has 0 aliphatic carbocycles. The molecule has 5 nitrogen and oxygen atoms in total. The lowest BCUT2D eigenvalue weighted by molar-refractivity contribution is -0.139. The second-order valence-electron chi connectivity index (χ2n) is 9.22. The Hall–Kier alpha value is -1.62. The fraction of sp³-hybridized carbons (Fsp3) is 0.727. The van der Waals surface area contributed by atoms with Gasteiger partial charge in [0.25, 0.3) is 0 Å². The Balaban J connectivity index is 1.69. The van der Waals surface area contributed by atoms with Crippen LogP contribution in [0.5, 0.6) is 0 Å². The fourth-order valence-electron chi connectivity index (χ4n) is 4.69. The third kappa shape index (κ3) is 4.63. The summed E-state index contributed by atoms with van der Waals surface area (Å²) in [6.45, 7) is 12.9. The molecule has 3 heterocycles. The molecule has 0 aromatic carbocycles. The predicted octanol–water partition coefficient (Wildman–Crippen LogP) is 3.24. The minimum Gasteiger partial charge on any atom is -0.363 e. The third-order valence-corrected chi connectivity index (χ3v) is 6.46. The van der Waals surface area contributed by atoms with Crippen LogP contribution in [-0.2, 0) is 11.3 Å². The molecule has 0 unspecified atom stereocenters. The van der Waals surface area contributed by atoms with E-state index in [0.717, 1.165) is 62.4 Å². The fourth-order valence-corrected chi connectivity index (χ4v) is 4.69. The minimum atomic E-state index is 0.151. The van der Waals surface area contributed by atoms with E-state index in [4.69, 9.17) is 0 Å². The van der Waals surface area contributed by atoms with E-state index in [-0.39, 0.29) is 10.8 Å². The molecule has 0 saturated carbocycles. The van der Waals surface area contributed by atoms with Crippen LogP contribution in [0, 0.1) is 25.2 Å². The molecule has 5 heteroatoms. The molecule has 1 spiro atoms. The van der Waals surface area contributed by atoms with E-state index < -0.39 is 0 Å².